The van der Waals surface area contributed by atoms with Crippen LogP contribution in [0.5, 0.6) is 0 Å². The highest BCUT2D eigenvalue weighted by Gasteiger charge is 2.47. The molecule has 5 heteroatoms. The average Bonchev–Trinajstić information content (AvgIpc) is 3.04. The van der Waals surface area contributed by atoms with Crippen LogP contribution in [0.2, 0.25) is 0 Å². The standard InChI is InChI=1S/C13H23NO4/c1-14(10-3-5-16-9-10)11-8-13(4-2-12(11)15)17-6-7-18-13/h10-12,15H,2-9H2,1H3. The summed E-state index contributed by atoms with van der Waals surface area (Å²) in [6, 6.07) is 0.532. The van der Waals surface area contributed by atoms with Crippen molar-refractivity contribution in [1.29, 1.82) is 0 Å². The third kappa shape index (κ3) is 2.30. The molecule has 1 aliphatic carbocycles. The Morgan fingerprint density at radius 1 is 1.17 bits per heavy atom. The summed E-state index contributed by atoms with van der Waals surface area (Å²) in [5.74, 6) is -0.433. The van der Waals surface area contributed by atoms with Gasteiger partial charge in [0.25, 0.3) is 0 Å². The van der Waals surface area contributed by atoms with Crippen molar-refractivity contribution in [3.63, 3.8) is 0 Å². The van der Waals surface area contributed by atoms with Gasteiger partial charge in [-0.25, -0.2) is 0 Å². The van der Waals surface area contributed by atoms with Gasteiger partial charge >= 0.3 is 0 Å². The number of rotatable bonds is 2. The maximum atomic E-state index is 10.2. The van der Waals surface area contributed by atoms with Gasteiger partial charge in [-0.05, 0) is 19.9 Å². The van der Waals surface area contributed by atoms with Gasteiger partial charge in [-0.2, -0.15) is 0 Å². The maximum Gasteiger partial charge on any atom is 0.170 e. The highest BCUT2D eigenvalue weighted by atomic mass is 16.7. The number of aliphatic hydroxyl groups is 1. The van der Waals surface area contributed by atoms with Crippen LogP contribution in [0.15, 0.2) is 0 Å². The Labute approximate surface area is 108 Å². The lowest BCUT2D eigenvalue weighted by Gasteiger charge is -2.44. The molecule has 5 nitrogen and oxygen atoms in total. The lowest BCUT2D eigenvalue weighted by molar-refractivity contribution is -0.205. The SMILES string of the molecule is CN(C1CCOC1)C1CC2(CCC1O)OCCO2. The summed E-state index contributed by atoms with van der Waals surface area (Å²) in [5.41, 5.74) is 0. The van der Waals surface area contributed by atoms with E-state index >= 15 is 0 Å². The predicted octanol–water partition coefficient (Wildman–Crippen LogP) is 0.364. The first-order valence-electron chi connectivity index (χ1n) is 6.96. The van der Waals surface area contributed by atoms with Crippen molar-refractivity contribution >= 4 is 0 Å². The Balaban J connectivity index is 1.68. The van der Waals surface area contributed by atoms with E-state index in [1.165, 1.54) is 0 Å². The molecule has 3 aliphatic rings. The number of nitrogens with zero attached hydrogens (tertiary/aromatic N) is 1. The van der Waals surface area contributed by atoms with Crippen molar-refractivity contribution in [1.82, 2.24) is 4.90 Å². The molecule has 0 radical (unpaired) electrons. The molecule has 3 fully saturated rings. The molecule has 0 aromatic heterocycles. The molecule has 3 rings (SSSR count). The molecule has 2 aliphatic heterocycles. The minimum Gasteiger partial charge on any atom is -0.391 e. The van der Waals surface area contributed by atoms with Crippen molar-refractivity contribution in [2.24, 2.45) is 0 Å². The lowest BCUT2D eigenvalue weighted by Crippen LogP contribution is -2.55. The second kappa shape index (κ2) is 5.06. The lowest BCUT2D eigenvalue weighted by atomic mass is 9.86. The molecule has 18 heavy (non-hydrogen) atoms. The minimum atomic E-state index is -0.433. The highest BCUT2D eigenvalue weighted by Crippen LogP contribution is 2.38. The van der Waals surface area contributed by atoms with Crippen molar-refractivity contribution in [2.75, 3.05) is 33.5 Å². The summed E-state index contributed by atoms with van der Waals surface area (Å²) in [6.45, 7) is 2.96. The Kier molecular flexibility index (Phi) is 3.60. The summed E-state index contributed by atoms with van der Waals surface area (Å²) >= 11 is 0. The minimum absolute atomic E-state index is 0.114. The average molecular weight is 257 g/mol. The van der Waals surface area contributed by atoms with Crippen LogP contribution in [0, 0.1) is 0 Å². The van der Waals surface area contributed by atoms with E-state index in [9.17, 15) is 5.11 Å². The van der Waals surface area contributed by atoms with Gasteiger partial charge < -0.3 is 19.3 Å². The molecule has 2 saturated heterocycles. The van der Waals surface area contributed by atoms with Crippen LogP contribution >= 0.6 is 0 Å². The molecular formula is C13H23NO4. The summed E-state index contributed by atoms with van der Waals surface area (Å²) in [5, 5.41) is 10.2. The first-order valence-corrected chi connectivity index (χ1v) is 6.96. The molecule has 3 unspecified atom stereocenters. The summed E-state index contributed by atoms with van der Waals surface area (Å²) in [4.78, 5) is 2.27. The third-order valence-corrected chi connectivity index (χ3v) is 4.60. The molecule has 2 heterocycles. The Morgan fingerprint density at radius 2 is 1.94 bits per heavy atom. The van der Waals surface area contributed by atoms with Crippen LogP contribution in [0.3, 0.4) is 0 Å². The topological polar surface area (TPSA) is 51.2 Å². The molecular weight excluding hydrogens is 234 g/mol. The smallest absolute Gasteiger partial charge is 0.170 e. The van der Waals surface area contributed by atoms with E-state index in [1.807, 2.05) is 0 Å². The van der Waals surface area contributed by atoms with E-state index in [1.54, 1.807) is 0 Å². The van der Waals surface area contributed by atoms with Crippen LogP contribution in [0.1, 0.15) is 25.7 Å². The van der Waals surface area contributed by atoms with E-state index in [0.29, 0.717) is 19.3 Å². The van der Waals surface area contributed by atoms with Gasteiger partial charge in [-0.3, -0.25) is 4.90 Å². The van der Waals surface area contributed by atoms with Gasteiger partial charge in [0.15, 0.2) is 5.79 Å². The van der Waals surface area contributed by atoms with E-state index in [0.717, 1.165) is 38.9 Å². The Hall–Kier alpha value is -0.200. The fourth-order valence-electron chi connectivity index (χ4n) is 3.41. The fourth-order valence-corrected chi connectivity index (χ4v) is 3.41. The summed E-state index contributed by atoms with van der Waals surface area (Å²) in [7, 11) is 2.08. The first-order chi connectivity index (χ1) is 8.70. The van der Waals surface area contributed by atoms with Crippen molar-refractivity contribution in [3.8, 4) is 0 Å². The van der Waals surface area contributed by atoms with Crippen LogP contribution in [-0.4, -0.2) is 67.5 Å². The van der Waals surface area contributed by atoms with Gasteiger partial charge in [0.2, 0.25) is 0 Å². The number of hydrogen-bond acceptors (Lipinski definition) is 5. The molecule has 0 amide bonds. The molecule has 104 valence electrons. The van der Waals surface area contributed by atoms with E-state index in [2.05, 4.69) is 11.9 Å². The zero-order chi connectivity index (χ0) is 12.6. The second-order valence-corrected chi connectivity index (χ2v) is 5.67. The maximum absolute atomic E-state index is 10.2. The highest BCUT2D eigenvalue weighted by molar-refractivity contribution is 4.94. The fraction of sp³-hybridized carbons (Fsp3) is 1.00. The first kappa shape index (κ1) is 12.8. The molecule has 1 N–H and O–H groups in total. The zero-order valence-electron chi connectivity index (χ0n) is 11.0. The van der Waals surface area contributed by atoms with Crippen molar-refractivity contribution < 1.29 is 19.3 Å². The summed E-state index contributed by atoms with van der Waals surface area (Å²) in [6.07, 6.45) is 3.09. The van der Waals surface area contributed by atoms with Crippen LogP contribution in [-0.2, 0) is 14.2 Å². The van der Waals surface area contributed by atoms with Gasteiger partial charge in [0.1, 0.15) is 0 Å². The second-order valence-electron chi connectivity index (χ2n) is 5.67. The molecule has 0 aromatic carbocycles. The van der Waals surface area contributed by atoms with Crippen molar-refractivity contribution in [2.45, 2.75) is 49.7 Å². The number of hydrogen-bond donors (Lipinski definition) is 1. The number of aliphatic hydroxyl groups excluding tert-OH is 1. The zero-order valence-corrected chi connectivity index (χ0v) is 11.0. The molecule has 3 atom stereocenters. The van der Waals surface area contributed by atoms with Gasteiger partial charge in [0.05, 0.1) is 25.9 Å². The van der Waals surface area contributed by atoms with E-state index < -0.39 is 5.79 Å². The summed E-state index contributed by atoms with van der Waals surface area (Å²) < 4.78 is 17.0. The largest absolute Gasteiger partial charge is 0.391 e. The normalized spacial score (nSPS) is 39.8. The predicted molar refractivity (Wildman–Crippen MR) is 65.3 cm³/mol. The Bertz CT molecular complexity index is 287. The van der Waals surface area contributed by atoms with E-state index in [4.69, 9.17) is 14.2 Å². The van der Waals surface area contributed by atoms with Crippen LogP contribution in [0.25, 0.3) is 0 Å². The van der Waals surface area contributed by atoms with Crippen molar-refractivity contribution in [3.05, 3.63) is 0 Å². The van der Waals surface area contributed by atoms with E-state index in [-0.39, 0.29) is 12.1 Å². The number of likely N-dealkylation sites (N-methyl/N-ethyl adjacent to an activating group) is 1. The monoisotopic (exact) mass is 257 g/mol. The van der Waals surface area contributed by atoms with Gasteiger partial charge in [-0.15, -0.1) is 0 Å². The molecule has 0 bridgehead atoms. The van der Waals surface area contributed by atoms with Gasteiger partial charge in [0, 0.05) is 31.5 Å². The third-order valence-electron chi connectivity index (χ3n) is 4.60. The Morgan fingerprint density at radius 3 is 2.61 bits per heavy atom. The number of ether oxygens (including phenoxy) is 3. The molecule has 1 saturated carbocycles. The molecule has 0 aromatic rings. The van der Waals surface area contributed by atoms with Crippen LogP contribution < -0.4 is 0 Å². The molecule has 1 spiro atoms. The van der Waals surface area contributed by atoms with Gasteiger partial charge in [-0.1, -0.05) is 0 Å². The van der Waals surface area contributed by atoms with Crippen LogP contribution in [0.4, 0.5) is 0 Å². The quantitative estimate of drug-likeness (QED) is 0.774.